The van der Waals surface area contributed by atoms with E-state index < -0.39 is 0 Å². The van der Waals surface area contributed by atoms with E-state index in [1.54, 1.807) is 0 Å². The number of carbonyl (C=O) groups is 1. The van der Waals surface area contributed by atoms with Crippen LogP contribution < -0.4 is 0 Å². The van der Waals surface area contributed by atoms with Gasteiger partial charge in [-0.15, -0.1) is 0 Å². The van der Waals surface area contributed by atoms with Crippen molar-refractivity contribution in [1.82, 2.24) is 0 Å². The average molecular weight is 151 g/mol. The van der Waals surface area contributed by atoms with E-state index >= 15 is 0 Å². The van der Waals surface area contributed by atoms with Gasteiger partial charge >= 0.3 is 0 Å². The van der Waals surface area contributed by atoms with Crippen molar-refractivity contribution in [2.45, 2.75) is 32.6 Å². The summed E-state index contributed by atoms with van der Waals surface area (Å²) in [4.78, 5) is 11.2. The molecular weight excluding hydrogens is 136 g/mol. The van der Waals surface area contributed by atoms with Crippen LogP contribution in [0.2, 0.25) is 0 Å². The summed E-state index contributed by atoms with van der Waals surface area (Å²) in [5, 5.41) is 0. The Bertz CT molecular complexity index is 158. The zero-order valence-electron chi connectivity index (χ0n) is 7.05. The largest absolute Gasteiger partial charge is 0.299 e. The third-order valence-electron chi connectivity index (χ3n) is 2.16. The lowest BCUT2D eigenvalue weighted by atomic mass is 9.86. The van der Waals surface area contributed by atoms with E-state index in [1.807, 2.05) is 19.4 Å². The molecule has 61 valence electrons. The van der Waals surface area contributed by atoms with E-state index in [4.69, 9.17) is 0 Å². The summed E-state index contributed by atoms with van der Waals surface area (Å²) in [5.41, 5.74) is 0. The van der Waals surface area contributed by atoms with Gasteiger partial charge in [-0.1, -0.05) is 18.6 Å². The molecule has 0 spiro atoms. The Labute approximate surface area is 68.5 Å². The Morgan fingerprint density at radius 3 is 3.18 bits per heavy atom. The number of rotatable bonds is 2. The van der Waals surface area contributed by atoms with Crippen LogP contribution in [-0.4, -0.2) is 5.78 Å². The predicted octanol–water partition coefficient (Wildman–Crippen LogP) is 2.53. The molecule has 0 N–H and O–H groups in total. The van der Waals surface area contributed by atoms with Crippen LogP contribution in [0.15, 0.2) is 12.2 Å². The van der Waals surface area contributed by atoms with Gasteiger partial charge in [0.25, 0.3) is 0 Å². The van der Waals surface area contributed by atoms with Crippen molar-refractivity contribution in [2.75, 3.05) is 0 Å². The van der Waals surface area contributed by atoms with Crippen molar-refractivity contribution >= 4 is 5.78 Å². The van der Waals surface area contributed by atoms with Crippen molar-refractivity contribution in [3.63, 3.8) is 0 Å². The third kappa shape index (κ3) is 2.49. The van der Waals surface area contributed by atoms with Crippen LogP contribution in [0.1, 0.15) is 32.6 Å². The topological polar surface area (TPSA) is 17.1 Å². The summed E-state index contributed by atoms with van der Waals surface area (Å²) in [5.74, 6) is 0.648. The molecule has 1 aliphatic rings. The first-order valence-electron chi connectivity index (χ1n) is 4.33. The number of allylic oxidation sites excluding steroid dienone is 2. The Balaban J connectivity index is 2.35. The summed E-state index contributed by atoms with van der Waals surface area (Å²) in [7, 11) is 0. The summed E-state index contributed by atoms with van der Waals surface area (Å²) in [6, 6.07) is 0. The van der Waals surface area contributed by atoms with Crippen molar-refractivity contribution in [3.8, 4) is 0 Å². The fraction of sp³-hybridized carbons (Fsp3) is 0.600. The van der Waals surface area contributed by atoms with Crippen LogP contribution in [0.4, 0.5) is 0 Å². The zero-order valence-corrected chi connectivity index (χ0v) is 7.05. The summed E-state index contributed by atoms with van der Waals surface area (Å²) in [6.45, 7) is 2.00. The van der Waals surface area contributed by atoms with E-state index in [-0.39, 0.29) is 0 Å². The number of hydrogen-bond acceptors (Lipinski definition) is 1. The van der Waals surface area contributed by atoms with Gasteiger partial charge in [-0.25, -0.2) is 0 Å². The molecule has 0 aromatic rings. The van der Waals surface area contributed by atoms with Gasteiger partial charge in [0, 0.05) is 12.3 Å². The maximum Gasteiger partial charge on any atom is 0.140 e. The summed E-state index contributed by atoms with van der Waals surface area (Å²) in [6.07, 6.45) is 10.1. The van der Waals surface area contributed by atoms with Crippen LogP contribution >= 0.6 is 0 Å². The lowest BCUT2D eigenvalue weighted by molar-refractivity contribution is -0.120. The van der Waals surface area contributed by atoms with Crippen LogP contribution in [0, 0.1) is 12.3 Å². The predicted molar refractivity (Wildman–Crippen MR) is 46.1 cm³/mol. The molecule has 1 heteroatoms. The van der Waals surface area contributed by atoms with Gasteiger partial charge in [-0.05, 0) is 26.2 Å². The fourth-order valence-electron chi connectivity index (χ4n) is 1.45. The van der Waals surface area contributed by atoms with Crippen molar-refractivity contribution in [3.05, 3.63) is 18.6 Å². The van der Waals surface area contributed by atoms with E-state index in [9.17, 15) is 4.79 Å². The molecule has 1 atom stereocenters. The minimum Gasteiger partial charge on any atom is -0.299 e. The number of Topliss-reactive ketones (excluding diaryl/α,β-unsaturated/α-hetero) is 1. The molecule has 0 aromatic carbocycles. The van der Waals surface area contributed by atoms with Gasteiger partial charge < -0.3 is 0 Å². The minimum atomic E-state index is 0.292. The number of ketones is 1. The molecular formula is C10H15O. The third-order valence-corrected chi connectivity index (χ3v) is 2.16. The van der Waals surface area contributed by atoms with E-state index in [0.29, 0.717) is 11.7 Å². The molecule has 0 aliphatic heterocycles. The SMILES string of the molecule is C/C=C/CC1CCC[CH]C1=O. The van der Waals surface area contributed by atoms with Gasteiger partial charge in [0.15, 0.2) is 0 Å². The second kappa shape index (κ2) is 4.32. The Morgan fingerprint density at radius 1 is 1.73 bits per heavy atom. The Hall–Kier alpha value is -0.590. The van der Waals surface area contributed by atoms with Crippen molar-refractivity contribution in [2.24, 2.45) is 5.92 Å². The first-order valence-corrected chi connectivity index (χ1v) is 4.33. The molecule has 11 heavy (non-hydrogen) atoms. The second-order valence-electron chi connectivity index (χ2n) is 3.04. The maximum absolute atomic E-state index is 11.2. The van der Waals surface area contributed by atoms with E-state index in [0.717, 1.165) is 19.3 Å². The number of hydrogen-bond donors (Lipinski definition) is 0. The maximum atomic E-state index is 11.2. The standard InChI is InChI=1S/C10H15O/c1-2-3-6-9-7-4-5-8-10(9)11/h2-3,8-9H,4-7H2,1H3/b3-2+. The monoisotopic (exact) mass is 151 g/mol. The van der Waals surface area contributed by atoms with Gasteiger partial charge in [-0.2, -0.15) is 0 Å². The molecule has 1 rings (SSSR count). The smallest absolute Gasteiger partial charge is 0.140 e. The average Bonchev–Trinajstić information content (AvgIpc) is 2.03. The lowest BCUT2D eigenvalue weighted by Crippen LogP contribution is -2.18. The van der Waals surface area contributed by atoms with E-state index in [2.05, 4.69) is 6.08 Å². The first kappa shape index (κ1) is 8.51. The van der Waals surface area contributed by atoms with Crippen LogP contribution in [-0.2, 0) is 4.79 Å². The molecule has 0 amide bonds. The van der Waals surface area contributed by atoms with Gasteiger partial charge in [0.1, 0.15) is 5.78 Å². The fourth-order valence-corrected chi connectivity index (χ4v) is 1.45. The lowest BCUT2D eigenvalue weighted by Gasteiger charge is -2.18. The Morgan fingerprint density at radius 2 is 2.55 bits per heavy atom. The van der Waals surface area contributed by atoms with Crippen molar-refractivity contribution < 1.29 is 4.79 Å². The van der Waals surface area contributed by atoms with Crippen LogP contribution in [0.25, 0.3) is 0 Å². The quantitative estimate of drug-likeness (QED) is 0.554. The molecule has 1 fully saturated rings. The highest BCUT2D eigenvalue weighted by Crippen LogP contribution is 2.22. The van der Waals surface area contributed by atoms with Gasteiger partial charge in [0.2, 0.25) is 0 Å². The normalized spacial score (nSPS) is 26.3. The van der Waals surface area contributed by atoms with Gasteiger partial charge in [-0.3, -0.25) is 4.79 Å². The highest BCUT2D eigenvalue weighted by atomic mass is 16.1. The van der Waals surface area contributed by atoms with Crippen LogP contribution in [0.5, 0.6) is 0 Å². The molecule has 1 aliphatic carbocycles. The zero-order chi connectivity index (χ0) is 8.10. The summed E-state index contributed by atoms with van der Waals surface area (Å²) >= 11 is 0. The molecule has 0 bridgehead atoms. The van der Waals surface area contributed by atoms with Crippen molar-refractivity contribution in [1.29, 1.82) is 0 Å². The summed E-state index contributed by atoms with van der Waals surface area (Å²) < 4.78 is 0. The second-order valence-corrected chi connectivity index (χ2v) is 3.04. The molecule has 1 radical (unpaired) electrons. The molecule has 0 heterocycles. The van der Waals surface area contributed by atoms with Crippen LogP contribution in [0.3, 0.4) is 0 Å². The minimum absolute atomic E-state index is 0.292. The van der Waals surface area contributed by atoms with Gasteiger partial charge in [0.05, 0.1) is 0 Å². The van der Waals surface area contributed by atoms with E-state index in [1.165, 1.54) is 6.42 Å². The Kier molecular flexibility index (Phi) is 3.34. The molecule has 1 nitrogen and oxygen atoms in total. The number of carbonyl (C=O) groups excluding carboxylic acids is 1. The highest BCUT2D eigenvalue weighted by Gasteiger charge is 2.20. The highest BCUT2D eigenvalue weighted by molar-refractivity contribution is 5.89. The first-order chi connectivity index (χ1) is 5.34. The molecule has 0 aromatic heterocycles. The molecule has 0 saturated heterocycles. The molecule has 1 saturated carbocycles. The molecule has 1 unspecified atom stereocenters.